The molecule has 0 aliphatic rings. The van der Waals surface area contributed by atoms with Crippen molar-refractivity contribution in [1.29, 1.82) is 0 Å². The van der Waals surface area contributed by atoms with Crippen molar-refractivity contribution in [2.24, 2.45) is 0 Å². The summed E-state index contributed by atoms with van der Waals surface area (Å²) in [5.41, 5.74) is 0.204. The largest absolute Gasteiger partial charge is 0.477 e. The molecule has 17 heavy (non-hydrogen) atoms. The van der Waals surface area contributed by atoms with E-state index < -0.39 is 11.5 Å². The number of aromatic amines is 1. The molecule has 0 bridgehead atoms. The lowest BCUT2D eigenvalue weighted by atomic mass is 10.0. The standard InChI is InChI=1S/C12H8BrNO3/c13-8-6-14-11(15)10(12(16)17)9(8)7-4-2-1-3-5-7/h1-6H,(H,14,15)(H,16,17). The Labute approximate surface area is 105 Å². The van der Waals surface area contributed by atoms with Gasteiger partial charge in [-0.05, 0) is 21.5 Å². The van der Waals surface area contributed by atoms with Crippen LogP contribution >= 0.6 is 15.9 Å². The number of rotatable bonds is 2. The molecule has 2 aromatic rings. The maximum atomic E-state index is 11.5. The van der Waals surface area contributed by atoms with Gasteiger partial charge in [0.2, 0.25) is 0 Å². The number of aromatic carboxylic acids is 1. The summed E-state index contributed by atoms with van der Waals surface area (Å²) < 4.78 is 0.542. The van der Waals surface area contributed by atoms with Crippen molar-refractivity contribution in [2.45, 2.75) is 0 Å². The Bertz CT molecular complexity index is 619. The Balaban J connectivity index is 2.81. The third-order valence-electron chi connectivity index (χ3n) is 2.32. The minimum Gasteiger partial charge on any atom is -0.477 e. The molecular formula is C12H8BrNO3. The highest BCUT2D eigenvalue weighted by atomic mass is 79.9. The summed E-state index contributed by atoms with van der Waals surface area (Å²) in [6.45, 7) is 0. The molecule has 0 radical (unpaired) electrons. The van der Waals surface area contributed by atoms with E-state index in [0.29, 0.717) is 15.6 Å². The Morgan fingerprint density at radius 1 is 1.24 bits per heavy atom. The monoisotopic (exact) mass is 293 g/mol. The zero-order valence-electron chi connectivity index (χ0n) is 8.61. The number of hydrogen-bond acceptors (Lipinski definition) is 2. The fourth-order valence-electron chi connectivity index (χ4n) is 1.60. The molecule has 0 fully saturated rings. The Hall–Kier alpha value is -1.88. The molecule has 0 saturated carbocycles. The number of benzene rings is 1. The predicted octanol–water partition coefficient (Wildman–Crippen LogP) is 2.50. The van der Waals surface area contributed by atoms with Crippen molar-refractivity contribution in [3.63, 3.8) is 0 Å². The Kier molecular flexibility index (Phi) is 3.10. The van der Waals surface area contributed by atoms with Crippen molar-refractivity contribution < 1.29 is 9.90 Å². The summed E-state index contributed by atoms with van der Waals surface area (Å²) in [4.78, 5) is 25.1. The summed E-state index contributed by atoms with van der Waals surface area (Å²) in [6.07, 6.45) is 1.44. The van der Waals surface area contributed by atoms with Crippen LogP contribution < -0.4 is 5.56 Å². The van der Waals surface area contributed by atoms with E-state index in [0.717, 1.165) is 0 Å². The lowest BCUT2D eigenvalue weighted by Gasteiger charge is -2.07. The quantitative estimate of drug-likeness (QED) is 0.894. The van der Waals surface area contributed by atoms with Crippen LogP contribution in [0.4, 0.5) is 0 Å². The van der Waals surface area contributed by atoms with Gasteiger partial charge in [0.25, 0.3) is 5.56 Å². The molecule has 0 saturated heterocycles. The van der Waals surface area contributed by atoms with Gasteiger partial charge in [-0.25, -0.2) is 4.79 Å². The normalized spacial score (nSPS) is 10.2. The first-order chi connectivity index (χ1) is 8.11. The topological polar surface area (TPSA) is 70.2 Å². The Morgan fingerprint density at radius 2 is 1.88 bits per heavy atom. The first kappa shape index (κ1) is 11.6. The second kappa shape index (κ2) is 4.55. The number of carboxylic acid groups (broad SMARTS) is 1. The predicted molar refractivity (Wildman–Crippen MR) is 67.2 cm³/mol. The highest BCUT2D eigenvalue weighted by Crippen LogP contribution is 2.29. The molecule has 2 N–H and O–H groups in total. The number of nitrogens with one attached hydrogen (secondary N) is 1. The summed E-state index contributed by atoms with van der Waals surface area (Å²) in [5.74, 6) is -1.24. The number of pyridine rings is 1. The summed E-state index contributed by atoms with van der Waals surface area (Å²) in [6, 6.07) is 8.91. The molecule has 0 spiro atoms. The minimum absolute atomic E-state index is 0.259. The molecule has 0 aliphatic carbocycles. The maximum Gasteiger partial charge on any atom is 0.342 e. The molecule has 0 aliphatic heterocycles. The van der Waals surface area contributed by atoms with E-state index >= 15 is 0 Å². The first-order valence-electron chi connectivity index (χ1n) is 4.81. The second-order valence-electron chi connectivity index (χ2n) is 3.39. The van der Waals surface area contributed by atoms with Gasteiger partial charge in [0, 0.05) is 16.2 Å². The lowest BCUT2D eigenvalue weighted by molar-refractivity contribution is 0.0695. The van der Waals surface area contributed by atoms with Crippen LogP contribution in [-0.2, 0) is 0 Å². The van der Waals surface area contributed by atoms with Crippen molar-refractivity contribution in [2.75, 3.05) is 0 Å². The van der Waals surface area contributed by atoms with Crippen LogP contribution in [-0.4, -0.2) is 16.1 Å². The Morgan fingerprint density at radius 3 is 2.47 bits per heavy atom. The van der Waals surface area contributed by atoms with Crippen LogP contribution in [0.5, 0.6) is 0 Å². The average molecular weight is 294 g/mol. The molecule has 0 unspecified atom stereocenters. The molecule has 0 amide bonds. The van der Waals surface area contributed by atoms with Gasteiger partial charge >= 0.3 is 5.97 Å². The minimum atomic E-state index is -1.24. The van der Waals surface area contributed by atoms with Gasteiger partial charge < -0.3 is 10.1 Å². The molecule has 0 atom stereocenters. The van der Waals surface area contributed by atoms with Gasteiger partial charge in [-0.1, -0.05) is 30.3 Å². The molecule has 4 nitrogen and oxygen atoms in total. The van der Waals surface area contributed by atoms with E-state index in [2.05, 4.69) is 20.9 Å². The van der Waals surface area contributed by atoms with E-state index in [1.54, 1.807) is 24.3 Å². The van der Waals surface area contributed by atoms with Crippen LogP contribution in [0.3, 0.4) is 0 Å². The van der Waals surface area contributed by atoms with Crippen molar-refractivity contribution >= 4 is 21.9 Å². The maximum absolute atomic E-state index is 11.5. The average Bonchev–Trinajstić information content (AvgIpc) is 2.32. The van der Waals surface area contributed by atoms with Crippen LogP contribution in [0.1, 0.15) is 10.4 Å². The van der Waals surface area contributed by atoms with Gasteiger partial charge in [0.05, 0.1) is 0 Å². The third kappa shape index (κ3) is 2.14. The summed E-state index contributed by atoms with van der Waals surface area (Å²) in [5, 5.41) is 9.09. The number of carbonyl (C=O) groups is 1. The van der Waals surface area contributed by atoms with E-state index in [9.17, 15) is 9.59 Å². The SMILES string of the molecule is O=C(O)c1c(-c2ccccc2)c(Br)c[nH]c1=O. The van der Waals surface area contributed by atoms with E-state index in [1.165, 1.54) is 6.20 Å². The van der Waals surface area contributed by atoms with Crippen molar-refractivity contribution in [3.8, 4) is 11.1 Å². The van der Waals surface area contributed by atoms with Gasteiger partial charge in [0.1, 0.15) is 5.56 Å². The fraction of sp³-hybridized carbons (Fsp3) is 0. The van der Waals surface area contributed by atoms with Gasteiger partial charge in [0.15, 0.2) is 0 Å². The molecule has 1 aromatic heterocycles. The second-order valence-corrected chi connectivity index (χ2v) is 4.24. The van der Waals surface area contributed by atoms with Crippen LogP contribution in [0.15, 0.2) is 45.8 Å². The van der Waals surface area contributed by atoms with E-state index in [-0.39, 0.29) is 5.56 Å². The number of H-pyrrole nitrogens is 1. The number of aromatic nitrogens is 1. The van der Waals surface area contributed by atoms with E-state index in [4.69, 9.17) is 5.11 Å². The summed E-state index contributed by atoms with van der Waals surface area (Å²) in [7, 11) is 0. The molecule has 2 rings (SSSR count). The van der Waals surface area contributed by atoms with Gasteiger partial charge in [-0.15, -0.1) is 0 Å². The number of carboxylic acids is 1. The molecule has 1 heterocycles. The zero-order chi connectivity index (χ0) is 12.4. The lowest BCUT2D eigenvalue weighted by Crippen LogP contribution is -2.18. The molecule has 5 heteroatoms. The van der Waals surface area contributed by atoms with Crippen molar-refractivity contribution in [1.82, 2.24) is 4.98 Å². The van der Waals surface area contributed by atoms with Crippen molar-refractivity contribution in [3.05, 3.63) is 56.9 Å². The first-order valence-corrected chi connectivity index (χ1v) is 5.60. The molecule has 86 valence electrons. The molecule has 1 aromatic carbocycles. The smallest absolute Gasteiger partial charge is 0.342 e. The molecular weight excluding hydrogens is 286 g/mol. The highest BCUT2D eigenvalue weighted by Gasteiger charge is 2.18. The third-order valence-corrected chi connectivity index (χ3v) is 2.95. The van der Waals surface area contributed by atoms with Gasteiger partial charge in [-0.2, -0.15) is 0 Å². The fourth-order valence-corrected chi connectivity index (χ4v) is 2.14. The zero-order valence-corrected chi connectivity index (χ0v) is 10.2. The van der Waals surface area contributed by atoms with Crippen LogP contribution in [0.25, 0.3) is 11.1 Å². The summed E-state index contributed by atoms with van der Waals surface area (Å²) >= 11 is 3.25. The van der Waals surface area contributed by atoms with Crippen LogP contribution in [0.2, 0.25) is 0 Å². The number of halogens is 1. The highest BCUT2D eigenvalue weighted by molar-refractivity contribution is 9.10. The van der Waals surface area contributed by atoms with E-state index in [1.807, 2.05) is 6.07 Å². The van der Waals surface area contributed by atoms with Gasteiger partial charge in [-0.3, -0.25) is 4.79 Å². The number of hydrogen-bond donors (Lipinski definition) is 2. The van der Waals surface area contributed by atoms with Crippen LogP contribution in [0, 0.1) is 0 Å².